The molecule has 1 aliphatic carbocycles. The van der Waals surface area contributed by atoms with Crippen LogP contribution in [0.5, 0.6) is 5.75 Å². The van der Waals surface area contributed by atoms with Gasteiger partial charge in [-0.3, -0.25) is 4.79 Å². The lowest BCUT2D eigenvalue weighted by Crippen LogP contribution is -2.27. The number of carbonyl (C=O) groups excluding carboxylic acids is 1. The van der Waals surface area contributed by atoms with Gasteiger partial charge in [-0.2, -0.15) is 0 Å². The lowest BCUT2D eigenvalue weighted by Gasteiger charge is -2.16. The summed E-state index contributed by atoms with van der Waals surface area (Å²) in [5, 5.41) is 11.0. The molecular formula is C19H19N3O3S. The number of hydrogen-bond acceptors (Lipinski definition) is 6. The maximum atomic E-state index is 13.0. The van der Waals surface area contributed by atoms with Gasteiger partial charge in [0.15, 0.2) is 0 Å². The van der Waals surface area contributed by atoms with Crippen LogP contribution in [0.2, 0.25) is 0 Å². The minimum absolute atomic E-state index is 0.0248. The zero-order valence-electron chi connectivity index (χ0n) is 14.8. The van der Waals surface area contributed by atoms with Crippen LogP contribution < -0.4 is 10.1 Å². The van der Waals surface area contributed by atoms with Crippen molar-refractivity contribution < 1.29 is 13.9 Å². The highest BCUT2D eigenvalue weighted by Gasteiger charge is 2.51. The molecule has 0 spiro atoms. The summed E-state index contributed by atoms with van der Waals surface area (Å²) in [4.78, 5) is 14.8. The van der Waals surface area contributed by atoms with E-state index in [0.717, 1.165) is 39.6 Å². The minimum atomic E-state index is -0.443. The number of nitrogens with one attached hydrogen (secondary N) is 1. The number of carbonyl (C=O) groups is 1. The molecule has 6 nitrogen and oxygen atoms in total. The van der Waals surface area contributed by atoms with Crippen molar-refractivity contribution in [2.75, 3.05) is 12.4 Å². The molecular weight excluding hydrogens is 350 g/mol. The van der Waals surface area contributed by atoms with Crippen molar-refractivity contribution in [3.8, 4) is 16.5 Å². The quantitative estimate of drug-likeness (QED) is 0.733. The number of ether oxygens (including phenoxy) is 1. The molecule has 0 atom stereocenters. The van der Waals surface area contributed by atoms with E-state index >= 15 is 0 Å². The summed E-state index contributed by atoms with van der Waals surface area (Å²) in [6.45, 7) is 3.73. The Hall–Kier alpha value is -2.67. The normalized spacial score (nSPS) is 14.9. The zero-order valence-corrected chi connectivity index (χ0v) is 15.6. The van der Waals surface area contributed by atoms with Crippen molar-refractivity contribution >= 4 is 22.9 Å². The number of nitrogens with zero attached hydrogens (tertiary/aromatic N) is 2. The lowest BCUT2D eigenvalue weighted by molar-refractivity contribution is -0.118. The molecule has 0 radical (unpaired) electrons. The second-order valence-corrected chi connectivity index (χ2v) is 7.73. The maximum Gasteiger partial charge on any atom is 0.257 e. The van der Waals surface area contributed by atoms with Crippen LogP contribution in [0, 0.1) is 13.8 Å². The molecule has 26 heavy (non-hydrogen) atoms. The number of thiophene rings is 1. The van der Waals surface area contributed by atoms with Crippen LogP contribution in [0.4, 0.5) is 5.69 Å². The van der Waals surface area contributed by atoms with Gasteiger partial charge in [-0.15, -0.1) is 21.5 Å². The van der Waals surface area contributed by atoms with E-state index < -0.39 is 5.41 Å². The van der Waals surface area contributed by atoms with Crippen molar-refractivity contribution in [3.63, 3.8) is 0 Å². The van der Waals surface area contributed by atoms with Gasteiger partial charge in [-0.05, 0) is 43.5 Å². The number of benzene rings is 1. The van der Waals surface area contributed by atoms with Gasteiger partial charge >= 0.3 is 0 Å². The van der Waals surface area contributed by atoms with E-state index in [1.54, 1.807) is 14.0 Å². The molecule has 2 aromatic heterocycles. The Balaban J connectivity index is 1.55. The molecule has 0 saturated heterocycles. The topological polar surface area (TPSA) is 77.2 Å². The number of aryl methyl sites for hydroxylation is 2. The van der Waals surface area contributed by atoms with Gasteiger partial charge in [0.25, 0.3) is 5.89 Å². The first-order valence-corrected chi connectivity index (χ1v) is 9.20. The van der Waals surface area contributed by atoms with Crippen LogP contribution in [0.25, 0.3) is 10.8 Å². The van der Waals surface area contributed by atoms with Crippen molar-refractivity contribution in [1.29, 1.82) is 0 Å². The minimum Gasteiger partial charge on any atom is -0.497 e. The first-order valence-electron chi connectivity index (χ1n) is 8.39. The average Bonchev–Trinajstić information content (AvgIpc) is 3.23. The third-order valence-corrected chi connectivity index (χ3v) is 5.77. The number of methoxy groups -OCH3 is 1. The highest BCUT2D eigenvalue weighted by Crippen LogP contribution is 2.49. The molecule has 134 valence electrons. The molecule has 1 amide bonds. The first-order chi connectivity index (χ1) is 12.5. The van der Waals surface area contributed by atoms with E-state index in [4.69, 9.17) is 9.15 Å². The fraction of sp³-hybridized carbons (Fsp3) is 0.316. The predicted octanol–water partition coefficient (Wildman–Crippen LogP) is 4.09. The second-order valence-electron chi connectivity index (χ2n) is 6.47. The number of aromatic nitrogens is 2. The largest absolute Gasteiger partial charge is 0.497 e. The SMILES string of the molecule is COc1ccc(C2(C(=O)Nc3cc(-c4nnc(C)o4)sc3C)CC2)cc1. The van der Waals surface area contributed by atoms with Gasteiger partial charge in [-0.25, -0.2) is 0 Å². The second kappa shape index (κ2) is 6.25. The molecule has 1 aromatic carbocycles. The van der Waals surface area contributed by atoms with E-state index in [2.05, 4.69) is 15.5 Å². The highest BCUT2D eigenvalue weighted by atomic mass is 32.1. The van der Waals surface area contributed by atoms with E-state index in [-0.39, 0.29) is 5.91 Å². The highest BCUT2D eigenvalue weighted by molar-refractivity contribution is 7.15. The van der Waals surface area contributed by atoms with Gasteiger partial charge in [0, 0.05) is 11.8 Å². The number of hydrogen-bond donors (Lipinski definition) is 1. The smallest absolute Gasteiger partial charge is 0.257 e. The maximum absolute atomic E-state index is 13.0. The van der Waals surface area contributed by atoms with Gasteiger partial charge in [0.05, 0.1) is 23.1 Å². The van der Waals surface area contributed by atoms with Crippen molar-refractivity contribution in [2.45, 2.75) is 32.1 Å². The fourth-order valence-electron chi connectivity index (χ4n) is 3.03. The summed E-state index contributed by atoms with van der Waals surface area (Å²) in [5.74, 6) is 1.82. The molecule has 1 fully saturated rings. The summed E-state index contributed by atoms with van der Waals surface area (Å²) < 4.78 is 10.7. The van der Waals surface area contributed by atoms with Crippen LogP contribution in [-0.4, -0.2) is 23.2 Å². The molecule has 2 heterocycles. The Morgan fingerprint density at radius 3 is 2.54 bits per heavy atom. The Bertz CT molecular complexity index is 955. The van der Waals surface area contributed by atoms with Crippen LogP contribution in [0.1, 0.15) is 29.2 Å². The molecule has 0 aliphatic heterocycles. The van der Waals surface area contributed by atoms with Crippen LogP contribution in [0.15, 0.2) is 34.7 Å². The summed E-state index contributed by atoms with van der Waals surface area (Å²) >= 11 is 1.53. The fourth-order valence-corrected chi connectivity index (χ4v) is 3.93. The van der Waals surface area contributed by atoms with Gasteiger partial charge in [0.2, 0.25) is 11.8 Å². The van der Waals surface area contributed by atoms with Crippen molar-refractivity contribution in [1.82, 2.24) is 10.2 Å². The van der Waals surface area contributed by atoms with Crippen LogP contribution in [-0.2, 0) is 10.2 Å². The third kappa shape index (κ3) is 2.88. The molecule has 0 unspecified atom stereocenters. The first kappa shape index (κ1) is 16.8. The molecule has 3 aromatic rings. The summed E-state index contributed by atoms with van der Waals surface area (Å²) in [5.41, 5.74) is 1.38. The van der Waals surface area contributed by atoms with Gasteiger partial charge in [0.1, 0.15) is 5.75 Å². The summed E-state index contributed by atoms with van der Waals surface area (Å²) in [6, 6.07) is 9.63. The Morgan fingerprint density at radius 1 is 1.23 bits per heavy atom. The summed E-state index contributed by atoms with van der Waals surface area (Å²) in [6.07, 6.45) is 1.70. The predicted molar refractivity (Wildman–Crippen MR) is 99.6 cm³/mol. The van der Waals surface area contributed by atoms with E-state index in [0.29, 0.717) is 11.8 Å². The Labute approximate surface area is 155 Å². The van der Waals surface area contributed by atoms with Gasteiger partial charge in [-0.1, -0.05) is 12.1 Å². The van der Waals surface area contributed by atoms with Crippen molar-refractivity contribution in [3.05, 3.63) is 46.7 Å². The zero-order chi connectivity index (χ0) is 18.3. The molecule has 1 N–H and O–H groups in total. The van der Waals surface area contributed by atoms with E-state index in [9.17, 15) is 4.79 Å². The number of anilines is 1. The van der Waals surface area contributed by atoms with E-state index in [1.165, 1.54) is 11.3 Å². The molecule has 1 aliphatic rings. The lowest BCUT2D eigenvalue weighted by atomic mass is 9.95. The molecule has 7 heteroatoms. The average molecular weight is 369 g/mol. The van der Waals surface area contributed by atoms with Crippen LogP contribution >= 0.6 is 11.3 Å². The Kier molecular flexibility index (Phi) is 4.03. The standard InChI is InChI=1S/C19H19N3O3S/c1-11-15(10-16(26-11)17-22-21-12(2)25-17)20-18(23)19(8-9-19)13-4-6-14(24-3)7-5-13/h4-7,10H,8-9H2,1-3H3,(H,20,23). The number of rotatable bonds is 5. The monoisotopic (exact) mass is 369 g/mol. The third-order valence-electron chi connectivity index (χ3n) is 4.73. The molecule has 0 bridgehead atoms. The molecule has 4 rings (SSSR count). The van der Waals surface area contributed by atoms with E-state index in [1.807, 2.05) is 37.3 Å². The molecule has 1 saturated carbocycles. The van der Waals surface area contributed by atoms with Gasteiger partial charge < -0.3 is 14.5 Å². The summed E-state index contributed by atoms with van der Waals surface area (Å²) in [7, 11) is 1.64. The number of amides is 1. The van der Waals surface area contributed by atoms with Crippen LogP contribution in [0.3, 0.4) is 0 Å². The Morgan fingerprint density at radius 2 is 1.96 bits per heavy atom. The van der Waals surface area contributed by atoms with Crippen molar-refractivity contribution in [2.24, 2.45) is 0 Å².